The molecular formula is C14H19NO2. The van der Waals surface area contributed by atoms with Crippen LogP contribution in [0.25, 0.3) is 0 Å². The fraction of sp³-hybridized carbons (Fsp3) is 0.643. The van der Waals surface area contributed by atoms with Gasteiger partial charge in [0.25, 0.3) is 0 Å². The minimum Gasteiger partial charge on any atom is -0.618 e. The van der Waals surface area contributed by atoms with E-state index >= 15 is 0 Å². The van der Waals surface area contributed by atoms with Crippen molar-refractivity contribution in [3.63, 3.8) is 0 Å². The quantitative estimate of drug-likeness (QED) is 0.456. The van der Waals surface area contributed by atoms with E-state index in [9.17, 15) is 5.21 Å². The zero-order valence-corrected chi connectivity index (χ0v) is 10.2. The molecule has 2 aliphatic rings. The van der Waals surface area contributed by atoms with Crippen LogP contribution in [-0.2, 0) is 12.8 Å². The van der Waals surface area contributed by atoms with Crippen LogP contribution in [0.5, 0.6) is 5.75 Å². The van der Waals surface area contributed by atoms with Gasteiger partial charge < -0.3 is 9.94 Å². The molecule has 0 atom stereocenters. The van der Waals surface area contributed by atoms with E-state index in [4.69, 9.17) is 4.74 Å². The van der Waals surface area contributed by atoms with Gasteiger partial charge >= 0.3 is 0 Å². The van der Waals surface area contributed by atoms with Gasteiger partial charge in [-0.15, -0.1) is 0 Å². The first-order valence-electron chi connectivity index (χ1n) is 6.71. The molecule has 2 aliphatic carbocycles. The van der Waals surface area contributed by atoms with Gasteiger partial charge in [-0.1, -0.05) is 6.42 Å². The van der Waals surface area contributed by atoms with E-state index in [0.717, 1.165) is 48.0 Å². The lowest BCUT2D eigenvalue weighted by molar-refractivity contribution is -0.614. The van der Waals surface area contributed by atoms with Crippen LogP contribution in [0.15, 0.2) is 12.3 Å². The van der Waals surface area contributed by atoms with Crippen LogP contribution < -0.4 is 9.47 Å². The highest BCUT2D eigenvalue weighted by molar-refractivity contribution is 5.34. The van der Waals surface area contributed by atoms with E-state index in [-0.39, 0.29) is 0 Å². The molecule has 1 saturated carbocycles. The molecule has 3 nitrogen and oxygen atoms in total. The summed E-state index contributed by atoms with van der Waals surface area (Å²) >= 11 is 0. The number of ether oxygens (including phenoxy) is 1. The summed E-state index contributed by atoms with van der Waals surface area (Å²) in [4.78, 5) is 0. The maximum Gasteiger partial charge on any atom is 0.199 e. The predicted molar refractivity (Wildman–Crippen MR) is 64.9 cm³/mol. The third kappa shape index (κ3) is 2.38. The zero-order chi connectivity index (χ0) is 11.7. The Kier molecular flexibility index (Phi) is 2.91. The van der Waals surface area contributed by atoms with E-state index in [1.165, 1.54) is 31.2 Å². The summed E-state index contributed by atoms with van der Waals surface area (Å²) in [5.41, 5.74) is 2.11. The Balaban J connectivity index is 1.86. The number of rotatable bonds is 3. The molecule has 0 radical (unpaired) electrons. The molecule has 1 aromatic rings. The Morgan fingerprint density at radius 2 is 2.06 bits per heavy atom. The smallest absolute Gasteiger partial charge is 0.199 e. The van der Waals surface area contributed by atoms with Crippen LogP contribution in [0.3, 0.4) is 0 Å². The van der Waals surface area contributed by atoms with Crippen LogP contribution >= 0.6 is 0 Å². The molecule has 0 bridgehead atoms. The van der Waals surface area contributed by atoms with Crippen molar-refractivity contribution < 1.29 is 9.47 Å². The van der Waals surface area contributed by atoms with Crippen molar-refractivity contribution in [3.8, 4) is 5.75 Å². The van der Waals surface area contributed by atoms with Gasteiger partial charge in [-0.3, -0.25) is 0 Å². The average Bonchev–Trinajstić information content (AvgIpc) is 3.14. The summed E-state index contributed by atoms with van der Waals surface area (Å²) in [6.45, 7) is 0.829. The lowest BCUT2D eigenvalue weighted by atomic mass is 10.1. The molecule has 0 aromatic carbocycles. The SMILES string of the molecule is [O-][n+]1ccc(OCC2CC2)c2c1CCCCC2. The largest absolute Gasteiger partial charge is 0.618 e. The molecular weight excluding hydrogens is 214 g/mol. The Morgan fingerprint density at radius 3 is 2.88 bits per heavy atom. The van der Waals surface area contributed by atoms with E-state index in [1.54, 1.807) is 6.20 Å². The van der Waals surface area contributed by atoms with Crippen molar-refractivity contribution in [1.29, 1.82) is 0 Å². The van der Waals surface area contributed by atoms with Gasteiger partial charge in [-0.2, -0.15) is 4.73 Å². The van der Waals surface area contributed by atoms with E-state index < -0.39 is 0 Å². The summed E-state index contributed by atoms with van der Waals surface area (Å²) < 4.78 is 6.92. The Labute approximate surface area is 102 Å². The molecule has 3 rings (SSSR count). The first-order chi connectivity index (χ1) is 8.34. The van der Waals surface area contributed by atoms with Crippen LogP contribution in [0.1, 0.15) is 43.4 Å². The summed E-state index contributed by atoms with van der Waals surface area (Å²) in [6.07, 6.45) is 9.63. The third-order valence-electron chi connectivity index (χ3n) is 3.78. The highest BCUT2D eigenvalue weighted by atomic mass is 16.5. The third-order valence-corrected chi connectivity index (χ3v) is 3.78. The average molecular weight is 233 g/mol. The van der Waals surface area contributed by atoms with Gasteiger partial charge in [0.2, 0.25) is 0 Å². The van der Waals surface area contributed by atoms with Crippen molar-refractivity contribution in [3.05, 3.63) is 28.7 Å². The number of fused-ring (bicyclic) bond motifs is 1. The molecule has 17 heavy (non-hydrogen) atoms. The van der Waals surface area contributed by atoms with Crippen molar-refractivity contribution in [1.82, 2.24) is 0 Å². The minimum absolute atomic E-state index is 0.760. The monoisotopic (exact) mass is 233 g/mol. The second kappa shape index (κ2) is 4.55. The van der Waals surface area contributed by atoms with E-state index in [0.29, 0.717) is 0 Å². The fourth-order valence-corrected chi connectivity index (χ4v) is 2.53. The van der Waals surface area contributed by atoms with Crippen molar-refractivity contribution in [2.45, 2.75) is 44.9 Å². The molecule has 0 amide bonds. The van der Waals surface area contributed by atoms with Gasteiger partial charge in [0, 0.05) is 12.5 Å². The second-order valence-electron chi connectivity index (χ2n) is 5.25. The Bertz CT molecular complexity index is 413. The Hall–Kier alpha value is -1.25. The standard InChI is InChI=1S/C14H19NO2/c16-15-9-8-14(17-10-11-6-7-11)12-4-2-1-3-5-13(12)15/h8-9,11H,1-7,10H2. The second-order valence-corrected chi connectivity index (χ2v) is 5.25. The Morgan fingerprint density at radius 1 is 1.24 bits per heavy atom. The van der Waals surface area contributed by atoms with Gasteiger partial charge in [0.15, 0.2) is 11.9 Å². The highest BCUT2D eigenvalue weighted by Crippen LogP contribution is 2.32. The maximum atomic E-state index is 11.8. The molecule has 0 spiro atoms. The van der Waals surface area contributed by atoms with Crippen LogP contribution in [0, 0.1) is 11.1 Å². The number of pyridine rings is 1. The topological polar surface area (TPSA) is 36.2 Å². The molecule has 3 heteroatoms. The number of aromatic nitrogens is 1. The number of hydrogen-bond donors (Lipinski definition) is 0. The normalized spacial score (nSPS) is 19.5. The predicted octanol–water partition coefficient (Wildman–Crippen LogP) is 2.38. The van der Waals surface area contributed by atoms with Gasteiger partial charge in [-0.25, -0.2) is 0 Å². The van der Waals surface area contributed by atoms with Crippen molar-refractivity contribution in [2.75, 3.05) is 6.61 Å². The molecule has 1 heterocycles. The fourth-order valence-electron chi connectivity index (χ4n) is 2.53. The van der Waals surface area contributed by atoms with Crippen LogP contribution in [0.2, 0.25) is 0 Å². The molecule has 1 aromatic heterocycles. The molecule has 0 saturated heterocycles. The van der Waals surface area contributed by atoms with Crippen molar-refractivity contribution in [2.24, 2.45) is 5.92 Å². The van der Waals surface area contributed by atoms with Crippen molar-refractivity contribution >= 4 is 0 Å². The number of nitrogens with zero attached hydrogens (tertiary/aromatic N) is 1. The summed E-state index contributed by atoms with van der Waals surface area (Å²) in [5.74, 6) is 1.72. The lowest BCUT2D eigenvalue weighted by Gasteiger charge is -2.13. The first kappa shape index (κ1) is 10.9. The van der Waals surface area contributed by atoms with Crippen LogP contribution in [0.4, 0.5) is 0 Å². The summed E-state index contributed by atoms with van der Waals surface area (Å²) in [5, 5.41) is 11.8. The first-order valence-corrected chi connectivity index (χ1v) is 6.71. The van der Waals surface area contributed by atoms with Crippen LogP contribution in [-0.4, -0.2) is 6.61 Å². The maximum absolute atomic E-state index is 11.8. The lowest BCUT2D eigenvalue weighted by Crippen LogP contribution is -2.32. The molecule has 0 N–H and O–H groups in total. The van der Waals surface area contributed by atoms with Gasteiger partial charge in [-0.05, 0) is 38.0 Å². The number of hydrogen-bond acceptors (Lipinski definition) is 2. The van der Waals surface area contributed by atoms with E-state index in [1.807, 2.05) is 6.07 Å². The highest BCUT2D eigenvalue weighted by Gasteiger charge is 2.24. The molecule has 1 fully saturated rings. The molecule has 0 unspecified atom stereocenters. The molecule has 0 aliphatic heterocycles. The van der Waals surface area contributed by atoms with Gasteiger partial charge in [0.1, 0.15) is 5.75 Å². The van der Waals surface area contributed by atoms with E-state index in [2.05, 4.69) is 0 Å². The zero-order valence-electron chi connectivity index (χ0n) is 10.2. The molecule has 92 valence electrons. The van der Waals surface area contributed by atoms with Gasteiger partial charge in [0.05, 0.1) is 12.2 Å². The summed E-state index contributed by atoms with van der Waals surface area (Å²) in [6, 6.07) is 1.85. The minimum atomic E-state index is 0.760. The summed E-state index contributed by atoms with van der Waals surface area (Å²) in [7, 11) is 0.